The van der Waals surface area contributed by atoms with E-state index >= 15 is 0 Å². The van der Waals surface area contributed by atoms with Crippen LogP contribution in [0.3, 0.4) is 0 Å². The van der Waals surface area contributed by atoms with Gasteiger partial charge in [-0.3, -0.25) is 9.59 Å². The van der Waals surface area contributed by atoms with Crippen LogP contribution in [-0.2, 0) is 29.0 Å². The van der Waals surface area contributed by atoms with Crippen molar-refractivity contribution < 1.29 is 14.0 Å². The lowest BCUT2D eigenvalue weighted by Crippen LogP contribution is -2.72. The molecule has 1 N–H and O–H groups in total. The van der Waals surface area contributed by atoms with Crippen LogP contribution in [-0.4, -0.2) is 52.8 Å². The van der Waals surface area contributed by atoms with Gasteiger partial charge in [0.05, 0.1) is 12.8 Å². The molecular weight excluding hydrogens is 438 g/mol. The second-order valence-corrected chi connectivity index (χ2v) is 9.68. The number of piperazine rings is 1. The van der Waals surface area contributed by atoms with Crippen molar-refractivity contribution in [3.8, 4) is 0 Å². The molecule has 2 saturated heterocycles. The molecule has 0 aliphatic carbocycles. The van der Waals surface area contributed by atoms with E-state index in [2.05, 4.69) is 34.5 Å². The summed E-state index contributed by atoms with van der Waals surface area (Å²) in [5, 5.41) is 3.08. The van der Waals surface area contributed by atoms with E-state index < -0.39 is 11.6 Å². The van der Waals surface area contributed by atoms with Crippen molar-refractivity contribution >= 4 is 11.8 Å². The first-order valence-corrected chi connectivity index (χ1v) is 12.6. The summed E-state index contributed by atoms with van der Waals surface area (Å²) < 4.78 is 5.59. The molecule has 2 amide bonds. The molecule has 2 fully saturated rings. The highest BCUT2D eigenvalue weighted by molar-refractivity contribution is 6.00. The van der Waals surface area contributed by atoms with Crippen molar-refractivity contribution in [2.75, 3.05) is 19.6 Å². The zero-order chi connectivity index (χ0) is 24.1. The standard InChI is InChI=1S/C29H33N3O3/c33-27-26(21-24-11-5-2-6-12-24)30-28(34)29(32(27)22-25-14-8-20-35-25)15-18-31(19-16-29)17-7-13-23-9-3-1-4-10-23/h1-6,8-12,14,20,26H,7,13,15-19,21-22H2,(H,30,34). The van der Waals surface area contributed by atoms with E-state index in [4.69, 9.17) is 4.42 Å². The Labute approximate surface area is 206 Å². The van der Waals surface area contributed by atoms with Gasteiger partial charge < -0.3 is 19.5 Å². The van der Waals surface area contributed by atoms with Gasteiger partial charge in [0, 0.05) is 19.5 Å². The maximum atomic E-state index is 13.7. The fourth-order valence-electron chi connectivity index (χ4n) is 5.45. The Morgan fingerprint density at radius 2 is 1.57 bits per heavy atom. The van der Waals surface area contributed by atoms with Crippen molar-refractivity contribution in [3.05, 3.63) is 95.9 Å². The van der Waals surface area contributed by atoms with Gasteiger partial charge in [-0.25, -0.2) is 0 Å². The number of carbonyl (C=O) groups excluding carboxylic acids is 2. The molecule has 1 unspecified atom stereocenters. The first-order chi connectivity index (χ1) is 17.1. The van der Waals surface area contributed by atoms with Crippen molar-refractivity contribution in [1.29, 1.82) is 0 Å². The van der Waals surface area contributed by atoms with E-state index in [1.165, 1.54) is 5.56 Å². The average molecular weight is 472 g/mol. The molecule has 6 heteroatoms. The van der Waals surface area contributed by atoms with Gasteiger partial charge in [-0.15, -0.1) is 0 Å². The molecule has 0 bridgehead atoms. The van der Waals surface area contributed by atoms with E-state index in [1.54, 1.807) is 11.2 Å². The van der Waals surface area contributed by atoms with Gasteiger partial charge >= 0.3 is 0 Å². The highest BCUT2D eigenvalue weighted by Crippen LogP contribution is 2.35. The average Bonchev–Trinajstić information content (AvgIpc) is 3.41. The number of benzene rings is 2. The summed E-state index contributed by atoms with van der Waals surface area (Å²) >= 11 is 0. The van der Waals surface area contributed by atoms with Crippen LogP contribution in [0.5, 0.6) is 0 Å². The number of nitrogens with zero attached hydrogens (tertiary/aromatic N) is 2. The Kier molecular flexibility index (Phi) is 7.00. The van der Waals surface area contributed by atoms with Gasteiger partial charge in [-0.05, 0) is 55.5 Å². The fourth-order valence-corrected chi connectivity index (χ4v) is 5.45. The van der Waals surface area contributed by atoms with Crippen LogP contribution in [0.2, 0.25) is 0 Å². The van der Waals surface area contributed by atoms with E-state index in [-0.39, 0.29) is 11.8 Å². The topological polar surface area (TPSA) is 65.8 Å². The quantitative estimate of drug-likeness (QED) is 0.543. The van der Waals surface area contributed by atoms with Gasteiger partial charge in [-0.2, -0.15) is 0 Å². The molecule has 35 heavy (non-hydrogen) atoms. The molecule has 182 valence electrons. The molecule has 1 atom stereocenters. The fraction of sp³-hybridized carbons (Fsp3) is 0.379. The summed E-state index contributed by atoms with van der Waals surface area (Å²) in [6, 6.07) is 23.5. The van der Waals surface area contributed by atoms with Gasteiger partial charge in [0.25, 0.3) is 0 Å². The number of nitrogens with one attached hydrogen (secondary N) is 1. The van der Waals surface area contributed by atoms with Crippen LogP contribution in [0.15, 0.2) is 83.5 Å². The predicted molar refractivity (Wildman–Crippen MR) is 135 cm³/mol. The number of furan rings is 1. The maximum absolute atomic E-state index is 13.7. The normalized spacial score (nSPS) is 20.2. The molecule has 2 aromatic carbocycles. The highest BCUT2D eigenvalue weighted by atomic mass is 16.3. The van der Waals surface area contributed by atoms with Crippen molar-refractivity contribution in [1.82, 2.24) is 15.1 Å². The molecule has 3 heterocycles. The first-order valence-electron chi connectivity index (χ1n) is 12.6. The highest BCUT2D eigenvalue weighted by Gasteiger charge is 2.53. The van der Waals surface area contributed by atoms with Crippen LogP contribution in [0, 0.1) is 0 Å². The molecule has 0 saturated carbocycles. The molecule has 0 radical (unpaired) electrons. The number of aryl methyl sites for hydroxylation is 1. The second kappa shape index (κ2) is 10.5. The Balaban J connectivity index is 1.27. The number of likely N-dealkylation sites (tertiary alicyclic amines) is 1. The lowest BCUT2D eigenvalue weighted by atomic mass is 9.81. The minimum atomic E-state index is -0.826. The van der Waals surface area contributed by atoms with E-state index in [0.29, 0.717) is 31.6 Å². The number of rotatable bonds is 8. The third-order valence-corrected chi connectivity index (χ3v) is 7.45. The van der Waals surface area contributed by atoms with Crippen LogP contribution in [0.1, 0.15) is 36.1 Å². The predicted octanol–water partition coefficient (Wildman–Crippen LogP) is 3.82. The zero-order valence-electron chi connectivity index (χ0n) is 20.1. The largest absolute Gasteiger partial charge is 0.467 e. The molecule has 1 spiro atoms. The van der Waals surface area contributed by atoms with Gasteiger partial charge in [0.15, 0.2) is 0 Å². The Morgan fingerprint density at radius 3 is 2.23 bits per heavy atom. The van der Waals surface area contributed by atoms with Crippen LogP contribution >= 0.6 is 0 Å². The van der Waals surface area contributed by atoms with E-state index in [9.17, 15) is 9.59 Å². The monoisotopic (exact) mass is 471 g/mol. The Morgan fingerprint density at radius 1 is 0.886 bits per heavy atom. The number of hydrogen-bond donors (Lipinski definition) is 1. The van der Waals surface area contributed by atoms with Crippen molar-refractivity contribution in [2.45, 2.75) is 50.2 Å². The minimum absolute atomic E-state index is 0.0256. The van der Waals surface area contributed by atoms with Crippen molar-refractivity contribution in [3.63, 3.8) is 0 Å². The molecule has 1 aromatic heterocycles. The summed E-state index contributed by atoms with van der Waals surface area (Å²) in [6.07, 6.45) is 5.50. The van der Waals surface area contributed by atoms with Crippen LogP contribution < -0.4 is 5.32 Å². The van der Waals surface area contributed by atoms with Gasteiger partial charge in [-0.1, -0.05) is 60.7 Å². The summed E-state index contributed by atoms with van der Waals surface area (Å²) in [6.45, 7) is 2.91. The second-order valence-electron chi connectivity index (χ2n) is 9.68. The molecule has 5 rings (SSSR count). The summed E-state index contributed by atoms with van der Waals surface area (Å²) in [5.74, 6) is 0.645. The zero-order valence-corrected chi connectivity index (χ0v) is 20.1. The lowest BCUT2D eigenvalue weighted by Gasteiger charge is -2.51. The number of amides is 2. The molecule has 6 nitrogen and oxygen atoms in total. The summed E-state index contributed by atoms with van der Waals surface area (Å²) in [7, 11) is 0. The van der Waals surface area contributed by atoms with E-state index in [0.717, 1.165) is 38.0 Å². The number of piperidine rings is 1. The first kappa shape index (κ1) is 23.4. The smallest absolute Gasteiger partial charge is 0.246 e. The molecule has 2 aliphatic heterocycles. The third kappa shape index (κ3) is 5.17. The third-order valence-electron chi connectivity index (χ3n) is 7.45. The SMILES string of the molecule is O=C1C(Cc2ccccc2)NC(=O)C2(CCN(CCCc3ccccc3)CC2)N1Cc1ccco1. The lowest BCUT2D eigenvalue weighted by molar-refractivity contribution is -0.162. The Hall–Kier alpha value is -3.38. The maximum Gasteiger partial charge on any atom is 0.246 e. The summed E-state index contributed by atoms with van der Waals surface area (Å²) in [4.78, 5) is 31.6. The number of carbonyl (C=O) groups is 2. The number of hydrogen-bond acceptors (Lipinski definition) is 4. The molecular formula is C29H33N3O3. The minimum Gasteiger partial charge on any atom is -0.467 e. The van der Waals surface area contributed by atoms with E-state index in [1.807, 2.05) is 48.5 Å². The van der Waals surface area contributed by atoms with Crippen molar-refractivity contribution in [2.24, 2.45) is 0 Å². The summed E-state index contributed by atoms with van der Waals surface area (Å²) in [5.41, 5.74) is 1.56. The van der Waals surface area contributed by atoms with Crippen LogP contribution in [0.4, 0.5) is 0 Å². The van der Waals surface area contributed by atoms with Gasteiger partial charge in [0.1, 0.15) is 17.3 Å². The van der Waals surface area contributed by atoms with Crippen LogP contribution in [0.25, 0.3) is 0 Å². The Bertz CT molecular complexity index is 1110. The molecule has 3 aromatic rings. The van der Waals surface area contributed by atoms with Gasteiger partial charge in [0.2, 0.25) is 11.8 Å². The molecule has 2 aliphatic rings.